The van der Waals surface area contributed by atoms with Crippen molar-refractivity contribution in [2.24, 2.45) is 5.73 Å². The van der Waals surface area contributed by atoms with Gasteiger partial charge in [0, 0.05) is 19.6 Å². The highest BCUT2D eigenvalue weighted by Crippen LogP contribution is 2.10. The van der Waals surface area contributed by atoms with Gasteiger partial charge in [-0.1, -0.05) is 42.5 Å². The van der Waals surface area contributed by atoms with Gasteiger partial charge in [0.25, 0.3) is 0 Å². The third kappa shape index (κ3) is 3.01. The van der Waals surface area contributed by atoms with Crippen molar-refractivity contribution in [3.8, 4) is 0 Å². The van der Waals surface area contributed by atoms with E-state index in [9.17, 15) is 0 Å². The Balaban J connectivity index is 1.93. The highest BCUT2D eigenvalue weighted by Gasteiger charge is 2.22. The van der Waals surface area contributed by atoms with Crippen molar-refractivity contribution in [1.82, 2.24) is 4.90 Å². The Kier molecular flexibility index (Phi) is 3.88. The van der Waals surface area contributed by atoms with Gasteiger partial charge in [-0.3, -0.25) is 4.90 Å². The van der Waals surface area contributed by atoms with Gasteiger partial charge in [-0.2, -0.15) is 0 Å². The molecule has 1 aliphatic heterocycles. The predicted octanol–water partition coefficient (Wildman–Crippen LogP) is 1.17. The first-order valence-electron chi connectivity index (χ1n) is 5.43. The molecule has 0 aliphatic carbocycles. The molecule has 86 valence electrons. The Bertz CT molecular complexity index is 355. The lowest BCUT2D eigenvalue weighted by molar-refractivity contribution is 0.00391. The molecule has 1 aliphatic rings. The molecule has 2 rings (SSSR count). The van der Waals surface area contributed by atoms with Crippen molar-refractivity contribution in [2.45, 2.75) is 12.6 Å². The minimum absolute atomic E-state index is 0.0903. The fourth-order valence-corrected chi connectivity index (χ4v) is 2.00. The van der Waals surface area contributed by atoms with E-state index in [0.29, 0.717) is 11.6 Å². The van der Waals surface area contributed by atoms with Crippen LogP contribution in [-0.4, -0.2) is 35.7 Å². The molecule has 0 spiro atoms. The lowest BCUT2D eigenvalue weighted by Gasteiger charge is -2.32. The second-order valence-electron chi connectivity index (χ2n) is 3.98. The largest absolute Gasteiger partial charge is 0.391 e. The summed E-state index contributed by atoms with van der Waals surface area (Å²) in [5.41, 5.74) is 6.91. The van der Waals surface area contributed by atoms with E-state index in [1.165, 1.54) is 5.56 Å². The summed E-state index contributed by atoms with van der Waals surface area (Å²) >= 11 is 4.96. The molecule has 1 aromatic rings. The van der Waals surface area contributed by atoms with E-state index in [-0.39, 0.29) is 6.10 Å². The molecule has 2 N–H and O–H groups in total. The average molecular weight is 236 g/mol. The molecule has 1 saturated heterocycles. The maximum Gasteiger partial charge on any atom is 0.120 e. The molecule has 1 aromatic carbocycles. The maximum atomic E-state index is 5.60. The molecule has 1 heterocycles. The third-order valence-electron chi connectivity index (χ3n) is 2.72. The number of ether oxygens (including phenoxy) is 1. The van der Waals surface area contributed by atoms with Gasteiger partial charge in [0.05, 0.1) is 6.61 Å². The van der Waals surface area contributed by atoms with Crippen LogP contribution in [-0.2, 0) is 11.3 Å². The average Bonchev–Trinajstić information content (AvgIpc) is 2.30. The minimum Gasteiger partial charge on any atom is -0.391 e. The van der Waals surface area contributed by atoms with E-state index in [1.807, 2.05) is 6.07 Å². The fourth-order valence-electron chi connectivity index (χ4n) is 1.86. The summed E-state index contributed by atoms with van der Waals surface area (Å²) in [5.74, 6) is 0. The van der Waals surface area contributed by atoms with Crippen molar-refractivity contribution in [3.05, 3.63) is 35.9 Å². The zero-order chi connectivity index (χ0) is 11.4. The maximum absolute atomic E-state index is 5.60. The lowest BCUT2D eigenvalue weighted by Crippen LogP contribution is -2.47. The van der Waals surface area contributed by atoms with Gasteiger partial charge in [-0.15, -0.1) is 0 Å². The summed E-state index contributed by atoms with van der Waals surface area (Å²) in [6.45, 7) is 3.37. The van der Waals surface area contributed by atoms with E-state index < -0.39 is 0 Å². The van der Waals surface area contributed by atoms with Gasteiger partial charge in [0.15, 0.2) is 0 Å². The summed E-state index contributed by atoms with van der Waals surface area (Å²) in [6, 6.07) is 10.4. The summed E-state index contributed by atoms with van der Waals surface area (Å²) in [7, 11) is 0. The molecule has 1 atom stereocenters. The molecule has 0 amide bonds. The van der Waals surface area contributed by atoms with Crippen LogP contribution >= 0.6 is 12.2 Å². The Hall–Kier alpha value is -0.970. The quantitative estimate of drug-likeness (QED) is 0.800. The predicted molar refractivity (Wildman–Crippen MR) is 68.2 cm³/mol. The van der Waals surface area contributed by atoms with Crippen LogP contribution in [0.15, 0.2) is 30.3 Å². The van der Waals surface area contributed by atoms with Crippen LogP contribution in [0.5, 0.6) is 0 Å². The molecule has 1 fully saturated rings. The number of nitrogens with two attached hydrogens (primary N) is 1. The first kappa shape index (κ1) is 11.5. The van der Waals surface area contributed by atoms with Gasteiger partial charge in [0.2, 0.25) is 0 Å². The van der Waals surface area contributed by atoms with Gasteiger partial charge >= 0.3 is 0 Å². The number of thiocarbonyl (C=S) groups is 1. The second-order valence-corrected chi connectivity index (χ2v) is 4.45. The van der Waals surface area contributed by atoms with Crippen LogP contribution in [0, 0.1) is 0 Å². The molecule has 0 radical (unpaired) electrons. The van der Waals surface area contributed by atoms with Crippen molar-refractivity contribution >= 4 is 17.2 Å². The number of morpholine rings is 1. The summed E-state index contributed by atoms with van der Waals surface area (Å²) in [6.07, 6.45) is -0.0903. The normalized spacial score (nSPS) is 21.9. The van der Waals surface area contributed by atoms with E-state index in [0.717, 1.165) is 19.6 Å². The standard InChI is InChI=1S/C12H16N2OS/c13-12(16)11-9-14(6-7-15-11)8-10-4-2-1-3-5-10/h1-5,11H,6-9H2,(H2,13,16)/t11-/m0/s1. The monoisotopic (exact) mass is 236 g/mol. The highest BCUT2D eigenvalue weighted by molar-refractivity contribution is 7.80. The van der Waals surface area contributed by atoms with E-state index in [4.69, 9.17) is 22.7 Å². The number of rotatable bonds is 3. The first-order valence-corrected chi connectivity index (χ1v) is 5.84. The highest BCUT2D eigenvalue weighted by atomic mass is 32.1. The Morgan fingerprint density at radius 2 is 2.19 bits per heavy atom. The van der Waals surface area contributed by atoms with Crippen LogP contribution in [0.1, 0.15) is 5.56 Å². The lowest BCUT2D eigenvalue weighted by atomic mass is 10.2. The molecule has 0 bridgehead atoms. The number of nitrogens with zero attached hydrogens (tertiary/aromatic N) is 1. The topological polar surface area (TPSA) is 38.5 Å². The van der Waals surface area contributed by atoms with E-state index in [2.05, 4.69) is 29.2 Å². The summed E-state index contributed by atoms with van der Waals surface area (Å²) in [4.78, 5) is 2.78. The molecule has 3 nitrogen and oxygen atoms in total. The van der Waals surface area contributed by atoms with Gasteiger partial charge in [-0.25, -0.2) is 0 Å². The third-order valence-corrected chi connectivity index (χ3v) is 2.98. The van der Waals surface area contributed by atoms with Crippen LogP contribution in [0.4, 0.5) is 0 Å². The van der Waals surface area contributed by atoms with Gasteiger partial charge in [0.1, 0.15) is 11.1 Å². The van der Waals surface area contributed by atoms with Crippen molar-refractivity contribution in [2.75, 3.05) is 19.7 Å². The van der Waals surface area contributed by atoms with Gasteiger partial charge in [-0.05, 0) is 5.56 Å². The van der Waals surface area contributed by atoms with Crippen molar-refractivity contribution in [3.63, 3.8) is 0 Å². The van der Waals surface area contributed by atoms with Crippen LogP contribution in [0.3, 0.4) is 0 Å². The van der Waals surface area contributed by atoms with Crippen LogP contribution in [0.2, 0.25) is 0 Å². The molecule has 0 aromatic heterocycles. The Morgan fingerprint density at radius 3 is 2.88 bits per heavy atom. The molecule has 0 unspecified atom stereocenters. The first-order chi connectivity index (χ1) is 7.75. The van der Waals surface area contributed by atoms with E-state index in [1.54, 1.807) is 0 Å². The molecular weight excluding hydrogens is 220 g/mol. The molecular formula is C12H16N2OS. The SMILES string of the molecule is NC(=S)[C@@H]1CN(Cc2ccccc2)CCO1. The number of benzene rings is 1. The van der Waals surface area contributed by atoms with E-state index >= 15 is 0 Å². The number of hydrogen-bond donors (Lipinski definition) is 1. The van der Waals surface area contributed by atoms with Crippen LogP contribution < -0.4 is 5.73 Å². The Morgan fingerprint density at radius 1 is 1.44 bits per heavy atom. The molecule has 0 saturated carbocycles. The minimum atomic E-state index is -0.0903. The zero-order valence-electron chi connectivity index (χ0n) is 9.13. The molecule has 16 heavy (non-hydrogen) atoms. The van der Waals surface area contributed by atoms with Crippen molar-refractivity contribution < 1.29 is 4.74 Å². The Labute approximate surface area is 101 Å². The molecule has 4 heteroatoms. The smallest absolute Gasteiger partial charge is 0.120 e. The van der Waals surface area contributed by atoms with Crippen molar-refractivity contribution in [1.29, 1.82) is 0 Å². The summed E-state index contributed by atoms with van der Waals surface area (Å²) in [5, 5.41) is 0. The number of hydrogen-bond acceptors (Lipinski definition) is 3. The zero-order valence-corrected chi connectivity index (χ0v) is 9.95. The van der Waals surface area contributed by atoms with Gasteiger partial charge < -0.3 is 10.5 Å². The summed E-state index contributed by atoms with van der Waals surface area (Å²) < 4.78 is 5.50. The fraction of sp³-hybridized carbons (Fsp3) is 0.417. The second kappa shape index (κ2) is 5.39. The van der Waals surface area contributed by atoms with Crippen LogP contribution in [0.25, 0.3) is 0 Å².